The largest absolute Gasteiger partial charge is 0.466 e. The molecular formula is C32H33ClN4O3. The van der Waals surface area contributed by atoms with Gasteiger partial charge < -0.3 is 14.5 Å². The van der Waals surface area contributed by atoms with Crippen LogP contribution in [0.15, 0.2) is 72.9 Å². The van der Waals surface area contributed by atoms with Crippen molar-refractivity contribution in [3.63, 3.8) is 0 Å². The highest BCUT2D eigenvalue weighted by Gasteiger charge is 2.29. The maximum Gasteiger partial charge on any atom is 0.330 e. The van der Waals surface area contributed by atoms with E-state index in [1.807, 2.05) is 65.3 Å². The number of amides is 1. The summed E-state index contributed by atoms with van der Waals surface area (Å²) in [6.45, 7) is 2.13. The fraction of sp³-hybridized carbons (Fsp3) is 0.281. The zero-order valence-electron chi connectivity index (χ0n) is 23.0. The minimum absolute atomic E-state index is 0.0604. The highest BCUT2D eigenvalue weighted by molar-refractivity contribution is 6.31. The molecule has 0 aliphatic carbocycles. The quantitative estimate of drug-likeness (QED) is 0.208. The lowest BCUT2D eigenvalue weighted by Crippen LogP contribution is -2.41. The molecule has 1 aromatic heterocycles. The fourth-order valence-electron chi connectivity index (χ4n) is 5.17. The molecule has 1 saturated heterocycles. The van der Waals surface area contributed by atoms with Crippen LogP contribution in [0.4, 0.5) is 5.69 Å². The van der Waals surface area contributed by atoms with Crippen molar-refractivity contribution in [1.29, 1.82) is 0 Å². The van der Waals surface area contributed by atoms with Crippen LogP contribution in [-0.2, 0) is 27.9 Å². The van der Waals surface area contributed by atoms with E-state index in [0.29, 0.717) is 11.6 Å². The van der Waals surface area contributed by atoms with Crippen LogP contribution in [0.25, 0.3) is 28.1 Å². The topological polar surface area (TPSA) is 67.7 Å². The van der Waals surface area contributed by atoms with E-state index < -0.39 is 5.97 Å². The van der Waals surface area contributed by atoms with Gasteiger partial charge in [-0.15, -0.1) is 0 Å². The van der Waals surface area contributed by atoms with E-state index >= 15 is 0 Å². The zero-order valence-corrected chi connectivity index (χ0v) is 23.8. The number of esters is 1. The highest BCUT2D eigenvalue weighted by atomic mass is 35.5. The minimum Gasteiger partial charge on any atom is -0.466 e. The number of aryl methyl sites for hydroxylation is 1. The molecule has 0 bridgehead atoms. The van der Waals surface area contributed by atoms with Gasteiger partial charge in [0.1, 0.15) is 0 Å². The van der Waals surface area contributed by atoms with Crippen LogP contribution in [0.2, 0.25) is 5.02 Å². The van der Waals surface area contributed by atoms with Gasteiger partial charge in [0.2, 0.25) is 5.91 Å². The first kappa shape index (κ1) is 27.6. The van der Waals surface area contributed by atoms with Gasteiger partial charge in [-0.3, -0.25) is 9.48 Å². The lowest BCUT2D eigenvalue weighted by molar-refractivity contribution is -0.134. The average molecular weight is 557 g/mol. The van der Waals surface area contributed by atoms with Crippen LogP contribution in [-0.4, -0.2) is 53.8 Å². The predicted octanol–water partition coefficient (Wildman–Crippen LogP) is 5.95. The SMILES string of the molecule is COC(=O)C=Cc1cccc(N(Cc2ccc(-c3ccc4c(cnn4C)c3)cc2Cl)C(=O)C2CCN(C)CC2)c1. The average Bonchev–Trinajstić information content (AvgIpc) is 3.35. The van der Waals surface area contributed by atoms with E-state index in [2.05, 4.69) is 35.2 Å². The summed E-state index contributed by atoms with van der Waals surface area (Å²) in [6.07, 6.45) is 6.55. The summed E-state index contributed by atoms with van der Waals surface area (Å²) in [5.41, 5.74) is 5.55. The third-order valence-corrected chi connectivity index (χ3v) is 7.94. The minimum atomic E-state index is -0.431. The molecule has 1 aliphatic heterocycles. The van der Waals surface area contributed by atoms with E-state index in [9.17, 15) is 9.59 Å². The number of benzene rings is 3. The van der Waals surface area contributed by atoms with Gasteiger partial charge in [0.25, 0.3) is 0 Å². The van der Waals surface area contributed by atoms with Gasteiger partial charge >= 0.3 is 5.97 Å². The maximum atomic E-state index is 13.9. The number of methoxy groups -OCH3 is 1. The number of likely N-dealkylation sites (tertiary alicyclic amines) is 1. The monoisotopic (exact) mass is 556 g/mol. The summed E-state index contributed by atoms with van der Waals surface area (Å²) in [7, 11) is 5.36. The summed E-state index contributed by atoms with van der Waals surface area (Å²) in [6, 6.07) is 19.9. The molecule has 1 aliphatic rings. The van der Waals surface area contributed by atoms with E-state index in [1.165, 1.54) is 13.2 Å². The molecule has 3 aromatic carbocycles. The number of hydrogen-bond acceptors (Lipinski definition) is 5. The van der Waals surface area contributed by atoms with Crippen molar-refractivity contribution in [2.45, 2.75) is 19.4 Å². The molecule has 0 saturated carbocycles. The first-order valence-electron chi connectivity index (χ1n) is 13.4. The molecule has 5 rings (SSSR count). The fourth-order valence-corrected chi connectivity index (χ4v) is 5.41. The van der Waals surface area contributed by atoms with Gasteiger partial charge in [0.05, 0.1) is 25.4 Å². The standard InChI is InChI=1S/C32H33ClN4O3/c1-35-15-13-23(14-16-35)32(39)37(28-6-4-5-22(17-28)7-12-31(38)40-3)21-26-9-8-25(19-29(26)33)24-10-11-30-27(18-24)20-34-36(30)2/h4-12,17-20,23H,13-16,21H2,1-3H3. The van der Waals surface area contributed by atoms with Crippen molar-refractivity contribution in [3.05, 3.63) is 89.1 Å². The second-order valence-corrected chi connectivity index (χ2v) is 10.7. The molecule has 0 radical (unpaired) electrons. The Morgan fingerprint density at radius 1 is 1.05 bits per heavy atom. The number of carbonyl (C=O) groups excluding carboxylic acids is 2. The van der Waals surface area contributed by atoms with Gasteiger partial charge in [-0.1, -0.05) is 41.9 Å². The number of anilines is 1. The Labute approximate surface area is 239 Å². The normalized spacial score (nSPS) is 14.6. The molecule has 7 nitrogen and oxygen atoms in total. The molecule has 1 fully saturated rings. The highest BCUT2D eigenvalue weighted by Crippen LogP contribution is 2.31. The molecular weight excluding hydrogens is 524 g/mol. The van der Waals surface area contributed by atoms with Crippen LogP contribution < -0.4 is 4.90 Å². The lowest BCUT2D eigenvalue weighted by atomic mass is 9.94. The van der Waals surface area contributed by atoms with E-state index in [4.69, 9.17) is 16.3 Å². The predicted molar refractivity (Wildman–Crippen MR) is 160 cm³/mol. The van der Waals surface area contributed by atoms with Gasteiger partial charge in [0, 0.05) is 35.1 Å². The van der Waals surface area contributed by atoms with Crippen molar-refractivity contribution < 1.29 is 14.3 Å². The Balaban J connectivity index is 1.45. The number of piperidine rings is 1. The number of rotatable bonds is 7. The third kappa shape index (κ3) is 6.11. The van der Waals surface area contributed by atoms with Gasteiger partial charge in [-0.25, -0.2) is 4.79 Å². The molecule has 0 spiro atoms. The van der Waals surface area contributed by atoms with Crippen molar-refractivity contribution in [2.24, 2.45) is 13.0 Å². The summed E-state index contributed by atoms with van der Waals surface area (Å²) < 4.78 is 6.57. The number of hydrogen-bond donors (Lipinski definition) is 0. The van der Waals surface area contributed by atoms with Crippen LogP contribution in [0.1, 0.15) is 24.0 Å². The smallest absolute Gasteiger partial charge is 0.330 e. The van der Waals surface area contributed by atoms with Gasteiger partial charge in [0.15, 0.2) is 0 Å². The van der Waals surface area contributed by atoms with Gasteiger partial charge in [-0.05, 0) is 91.6 Å². The van der Waals surface area contributed by atoms with E-state index in [0.717, 1.165) is 64.8 Å². The van der Waals surface area contributed by atoms with Crippen LogP contribution in [0.3, 0.4) is 0 Å². The summed E-state index contributed by atoms with van der Waals surface area (Å²) in [5.74, 6) is -0.404. The second kappa shape index (κ2) is 12.1. The molecule has 40 heavy (non-hydrogen) atoms. The Morgan fingerprint density at radius 3 is 2.55 bits per heavy atom. The van der Waals surface area contributed by atoms with Crippen molar-refractivity contribution in [3.8, 4) is 11.1 Å². The number of carbonyl (C=O) groups is 2. The Kier molecular flexibility index (Phi) is 8.33. The molecule has 4 aromatic rings. The first-order chi connectivity index (χ1) is 19.3. The zero-order chi connectivity index (χ0) is 28.2. The Morgan fingerprint density at radius 2 is 1.80 bits per heavy atom. The van der Waals surface area contributed by atoms with Gasteiger partial charge in [-0.2, -0.15) is 5.10 Å². The summed E-state index contributed by atoms with van der Waals surface area (Å²) >= 11 is 6.85. The molecule has 1 amide bonds. The van der Waals surface area contributed by atoms with E-state index in [-0.39, 0.29) is 11.8 Å². The molecule has 2 heterocycles. The number of aromatic nitrogens is 2. The number of halogens is 1. The van der Waals surface area contributed by atoms with Crippen LogP contribution >= 0.6 is 11.6 Å². The summed E-state index contributed by atoms with van der Waals surface area (Å²) in [4.78, 5) is 29.6. The number of fused-ring (bicyclic) bond motifs is 1. The molecule has 206 valence electrons. The Bertz CT molecular complexity index is 1570. The maximum absolute atomic E-state index is 13.9. The Hall–Kier alpha value is -3.94. The van der Waals surface area contributed by atoms with Crippen molar-refractivity contribution in [2.75, 3.05) is 32.1 Å². The van der Waals surface area contributed by atoms with Crippen molar-refractivity contribution in [1.82, 2.24) is 14.7 Å². The van der Waals surface area contributed by atoms with Crippen LogP contribution in [0.5, 0.6) is 0 Å². The van der Waals surface area contributed by atoms with Crippen LogP contribution in [0, 0.1) is 5.92 Å². The van der Waals surface area contributed by atoms with E-state index in [1.54, 1.807) is 6.08 Å². The second-order valence-electron chi connectivity index (χ2n) is 10.3. The first-order valence-corrected chi connectivity index (χ1v) is 13.8. The molecule has 0 N–H and O–H groups in total. The third-order valence-electron chi connectivity index (χ3n) is 7.59. The molecule has 0 atom stereocenters. The number of ether oxygens (including phenoxy) is 1. The molecule has 8 heteroatoms. The number of nitrogens with zero attached hydrogens (tertiary/aromatic N) is 4. The van der Waals surface area contributed by atoms with Crippen molar-refractivity contribution >= 4 is 46.1 Å². The molecule has 0 unspecified atom stereocenters. The summed E-state index contributed by atoms with van der Waals surface area (Å²) in [5, 5.41) is 6.01. The lowest BCUT2D eigenvalue weighted by Gasteiger charge is -2.33.